The zero-order valence-electron chi connectivity index (χ0n) is 14.3. The Bertz CT molecular complexity index is 877. The van der Waals surface area contributed by atoms with Crippen molar-refractivity contribution in [3.63, 3.8) is 0 Å². The lowest BCUT2D eigenvalue weighted by Crippen LogP contribution is -1.97. The molecule has 0 N–H and O–H groups in total. The normalized spacial score (nSPS) is 11.0. The standard InChI is InChI=1S/C18H17ClN2O4S/c1-3-23-17-14(19)7-12(8-15(17)22-2)9-20-25-11-13-10-24-18(21-13)16-5-4-6-26-16/h4-10H,3,11H2,1-2H3/b20-9-. The summed E-state index contributed by atoms with van der Waals surface area (Å²) in [6.07, 6.45) is 3.10. The number of ether oxygens (including phenoxy) is 2. The molecule has 0 atom stereocenters. The second kappa shape index (κ2) is 8.73. The SMILES string of the molecule is CCOc1c(Cl)cc(/C=N\OCc2coc(-c3cccs3)n2)cc1OC. The summed E-state index contributed by atoms with van der Waals surface area (Å²) in [5.74, 6) is 1.63. The van der Waals surface area contributed by atoms with E-state index in [-0.39, 0.29) is 6.61 Å². The van der Waals surface area contributed by atoms with Gasteiger partial charge in [0.25, 0.3) is 0 Å². The van der Waals surface area contributed by atoms with Gasteiger partial charge >= 0.3 is 0 Å². The number of hydrogen-bond donors (Lipinski definition) is 0. The van der Waals surface area contributed by atoms with Crippen LogP contribution in [0, 0.1) is 0 Å². The van der Waals surface area contributed by atoms with Crippen LogP contribution in [0.4, 0.5) is 0 Å². The summed E-state index contributed by atoms with van der Waals surface area (Å²) in [5, 5.41) is 6.36. The Labute approximate surface area is 160 Å². The molecule has 0 aliphatic rings. The van der Waals surface area contributed by atoms with Crippen molar-refractivity contribution >= 4 is 29.2 Å². The molecule has 2 aromatic heterocycles. The molecule has 0 bridgehead atoms. The van der Waals surface area contributed by atoms with Crippen LogP contribution < -0.4 is 9.47 Å². The first-order chi connectivity index (χ1) is 12.7. The number of benzene rings is 1. The van der Waals surface area contributed by atoms with Gasteiger partial charge in [-0.1, -0.05) is 22.8 Å². The first-order valence-corrected chi connectivity index (χ1v) is 9.11. The van der Waals surface area contributed by atoms with Gasteiger partial charge in [-0.25, -0.2) is 4.98 Å². The minimum Gasteiger partial charge on any atom is -0.493 e. The number of aromatic nitrogens is 1. The molecule has 0 spiro atoms. The van der Waals surface area contributed by atoms with Crippen molar-refractivity contribution in [2.24, 2.45) is 5.16 Å². The molecule has 3 aromatic rings. The first-order valence-electron chi connectivity index (χ1n) is 7.85. The van der Waals surface area contributed by atoms with Crippen LogP contribution in [0.2, 0.25) is 5.02 Å². The second-order valence-electron chi connectivity index (χ2n) is 5.10. The Morgan fingerprint density at radius 3 is 3.00 bits per heavy atom. The Balaban J connectivity index is 1.61. The average molecular weight is 393 g/mol. The van der Waals surface area contributed by atoms with E-state index in [2.05, 4.69) is 10.1 Å². The predicted octanol–water partition coefficient (Wildman–Crippen LogP) is 5.01. The monoisotopic (exact) mass is 392 g/mol. The van der Waals surface area contributed by atoms with Crippen LogP contribution in [0.5, 0.6) is 11.5 Å². The molecule has 2 heterocycles. The molecule has 0 saturated carbocycles. The molecule has 26 heavy (non-hydrogen) atoms. The molecule has 1 aromatic carbocycles. The summed E-state index contributed by atoms with van der Waals surface area (Å²) in [5.41, 5.74) is 1.39. The van der Waals surface area contributed by atoms with Gasteiger partial charge in [-0.15, -0.1) is 11.3 Å². The number of oxazole rings is 1. The van der Waals surface area contributed by atoms with Crippen LogP contribution in [0.1, 0.15) is 18.2 Å². The molecule has 0 saturated heterocycles. The van der Waals surface area contributed by atoms with Gasteiger partial charge < -0.3 is 18.7 Å². The Hall–Kier alpha value is -2.51. The maximum atomic E-state index is 6.22. The van der Waals surface area contributed by atoms with Crippen molar-refractivity contribution in [1.82, 2.24) is 4.98 Å². The minimum absolute atomic E-state index is 0.202. The molecular formula is C18H17ClN2O4S. The van der Waals surface area contributed by atoms with E-state index in [1.807, 2.05) is 24.4 Å². The number of hydrogen-bond acceptors (Lipinski definition) is 7. The zero-order chi connectivity index (χ0) is 18.4. The molecule has 0 unspecified atom stereocenters. The third-order valence-electron chi connectivity index (χ3n) is 3.31. The van der Waals surface area contributed by atoms with Gasteiger partial charge in [0.15, 0.2) is 18.1 Å². The number of rotatable bonds is 8. The number of nitrogens with zero attached hydrogens (tertiary/aromatic N) is 2. The smallest absolute Gasteiger partial charge is 0.236 e. The Morgan fingerprint density at radius 2 is 2.27 bits per heavy atom. The Morgan fingerprint density at radius 1 is 1.38 bits per heavy atom. The number of methoxy groups -OCH3 is 1. The largest absolute Gasteiger partial charge is 0.493 e. The van der Waals surface area contributed by atoms with E-state index in [1.54, 1.807) is 43.1 Å². The van der Waals surface area contributed by atoms with E-state index in [9.17, 15) is 0 Å². The lowest BCUT2D eigenvalue weighted by molar-refractivity contribution is 0.129. The van der Waals surface area contributed by atoms with Gasteiger partial charge in [0.1, 0.15) is 12.0 Å². The van der Waals surface area contributed by atoms with Crippen molar-refractivity contribution in [3.05, 3.63) is 52.2 Å². The highest BCUT2D eigenvalue weighted by Gasteiger charge is 2.11. The summed E-state index contributed by atoms with van der Waals surface area (Å²) >= 11 is 7.79. The Kier molecular flexibility index (Phi) is 6.14. The second-order valence-corrected chi connectivity index (χ2v) is 6.45. The molecule has 0 aliphatic heterocycles. The van der Waals surface area contributed by atoms with Gasteiger partial charge in [-0.2, -0.15) is 0 Å². The van der Waals surface area contributed by atoms with Crippen molar-refractivity contribution in [3.8, 4) is 22.3 Å². The van der Waals surface area contributed by atoms with E-state index in [0.29, 0.717) is 34.7 Å². The van der Waals surface area contributed by atoms with E-state index in [4.69, 9.17) is 30.3 Å². The highest BCUT2D eigenvalue weighted by molar-refractivity contribution is 7.13. The highest BCUT2D eigenvalue weighted by atomic mass is 35.5. The van der Waals surface area contributed by atoms with E-state index < -0.39 is 0 Å². The molecule has 0 aliphatic carbocycles. The maximum absolute atomic E-state index is 6.22. The van der Waals surface area contributed by atoms with Gasteiger partial charge in [0.2, 0.25) is 5.89 Å². The summed E-state index contributed by atoms with van der Waals surface area (Å²) in [7, 11) is 1.56. The van der Waals surface area contributed by atoms with Gasteiger partial charge in [0.05, 0.1) is 29.8 Å². The number of oxime groups is 1. The van der Waals surface area contributed by atoms with E-state index >= 15 is 0 Å². The fraction of sp³-hybridized carbons (Fsp3) is 0.222. The van der Waals surface area contributed by atoms with Gasteiger partial charge in [0, 0.05) is 5.56 Å². The highest BCUT2D eigenvalue weighted by Crippen LogP contribution is 2.36. The summed E-state index contributed by atoms with van der Waals surface area (Å²) in [4.78, 5) is 10.6. The molecule has 0 radical (unpaired) electrons. The van der Waals surface area contributed by atoms with Crippen LogP contribution in [0.3, 0.4) is 0 Å². The number of halogens is 1. The van der Waals surface area contributed by atoms with Crippen molar-refractivity contribution in [1.29, 1.82) is 0 Å². The molecule has 6 nitrogen and oxygen atoms in total. The first kappa shape index (κ1) is 18.3. The quantitative estimate of drug-likeness (QED) is 0.398. The zero-order valence-corrected chi connectivity index (χ0v) is 15.8. The molecular weight excluding hydrogens is 376 g/mol. The predicted molar refractivity (Wildman–Crippen MR) is 101 cm³/mol. The van der Waals surface area contributed by atoms with Crippen LogP contribution in [0.15, 0.2) is 45.5 Å². The summed E-state index contributed by atoms with van der Waals surface area (Å²) in [6.45, 7) is 2.58. The molecule has 0 amide bonds. The van der Waals surface area contributed by atoms with Crippen molar-refractivity contribution < 1.29 is 18.7 Å². The fourth-order valence-corrected chi connectivity index (χ4v) is 3.12. The molecule has 136 valence electrons. The van der Waals surface area contributed by atoms with Crippen LogP contribution >= 0.6 is 22.9 Å². The number of thiophene rings is 1. The summed E-state index contributed by atoms with van der Waals surface area (Å²) < 4.78 is 16.2. The fourth-order valence-electron chi connectivity index (χ4n) is 2.19. The van der Waals surface area contributed by atoms with E-state index in [0.717, 1.165) is 10.4 Å². The van der Waals surface area contributed by atoms with Crippen LogP contribution in [-0.2, 0) is 11.4 Å². The van der Waals surface area contributed by atoms with Crippen molar-refractivity contribution in [2.45, 2.75) is 13.5 Å². The topological polar surface area (TPSA) is 66.1 Å². The van der Waals surface area contributed by atoms with Crippen LogP contribution in [0.25, 0.3) is 10.8 Å². The third-order valence-corrected chi connectivity index (χ3v) is 4.45. The van der Waals surface area contributed by atoms with Crippen molar-refractivity contribution in [2.75, 3.05) is 13.7 Å². The lowest BCUT2D eigenvalue weighted by atomic mass is 10.2. The van der Waals surface area contributed by atoms with E-state index in [1.165, 1.54) is 0 Å². The lowest BCUT2D eigenvalue weighted by Gasteiger charge is -2.11. The molecule has 8 heteroatoms. The minimum atomic E-state index is 0.202. The average Bonchev–Trinajstić information content (AvgIpc) is 3.32. The van der Waals surface area contributed by atoms with Gasteiger partial charge in [-0.05, 0) is 30.5 Å². The molecule has 3 rings (SSSR count). The van der Waals surface area contributed by atoms with Crippen LogP contribution in [-0.4, -0.2) is 24.9 Å². The summed E-state index contributed by atoms with van der Waals surface area (Å²) in [6, 6.07) is 7.39. The third kappa shape index (κ3) is 4.36. The molecule has 0 fully saturated rings. The maximum Gasteiger partial charge on any atom is 0.236 e. The van der Waals surface area contributed by atoms with Gasteiger partial charge in [-0.3, -0.25) is 0 Å².